The van der Waals surface area contributed by atoms with Gasteiger partial charge < -0.3 is 15.2 Å². The highest BCUT2D eigenvalue weighted by Crippen LogP contribution is 2.33. The fourth-order valence-electron chi connectivity index (χ4n) is 3.19. The fraction of sp³-hybridized carbons (Fsp3) is 0.261. The standard InChI is InChI=1S/C23H22F3N3O3S/c1-3-32-19-11-16(23(24,25)26)6-4-14(19)8-9-27-21-12-18(28-13-29-21)15-5-7-17(22(30)31)20(10-15)33-2/h4-7,10-13H,3,8-9H2,1-2H3,(H,30,31)(H,27,28,29). The lowest BCUT2D eigenvalue weighted by atomic mass is 10.1. The number of nitrogens with one attached hydrogen (secondary N) is 1. The summed E-state index contributed by atoms with van der Waals surface area (Å²) in [5, 5.41) is 12.4. The molecule has 0 radical (unpaired) electrons. The van der Waals surface area contributed by atoms with Crippen LogP contribution in [0.15, 0.2) is 53.7 Å². The van der Waals surface area contributed by atoms with Crippen LogP contribution in [0.1, 0.15) is 28.4 Å². The Morgan fingerprint density at radius 2 is 1.94 bits per heavy atom. The van der Waals surface area contributed by atoms with Crippen molar-refractivity contribution in [3.63, 3.8) is 0 Å². The highest BCUT2D eigenvalue weighted by Gasteiger charge is 2.31. The molecule has 2 aromatic carbocycles. The molecule has 1 heterocycles. The van der Waals surface area contributed by atoms with E-state index >= 15 is 0 Å². The van der Waals surface area contributed by atoms with Crippen molar-refractivity contribution < 1.29 is 27.8 Å². The molecule has 0 amide bonds. The van der Waals surface area contributed by atoms with Gasteiger partial charge in [-0.2, -0.15) is 13.2 Å². The van der Waals surface area contributed by atoms with Crippen LogP contribution in [0.3, 0.4) is 0 Å². The molecule has 0 aliphatic carbocycles. The number of alkyl halides is 3. The van der Waals surface area contributed by atoms with Gasteiger partial charge in [0, 0.05) is 23.1 Å². The van der Waals surface area contributed by atoms with Crippen LogP contribution in [-0.2, 0) is 12.6 Å². The highest BCUT2D eigenvalue weighted by molar-refractivity contribution is 7.98. The lowest BCUT2D eigenvalue weighted by Crippen LogP contribution is -2.10. The van der Waals surface area contributed by atoms with Crippen LogP contribution >= 0.6 is 11.8 Å². The van der Waals surface area contributed by atoms with Gasteiger partial charge in [0.25, 0.3) is 0 Å². The van der Waals surface area contributed by atoms with Gasteiger partial charge in [0.2, 0.25) is 0 Å². The molecule has 10 heteroatoms. The second kappa shape index (κ2) is 10.6. The van der Waals surface area contributed by atoms with E-state index in [0.717, 1.165) is 17.7 Å². The largest absolute Gasteiger partial charge is 0.494 e. The molecule has 3 aromatic rings. The summed E-state index contributed by atoms with van der Waals surface area (Å²) in [7, 11) is 0. The van der Waals surface area contributed by atoms with E-state index in [1.165, 1.54) is 24.2 Å². The summed E-state index contributed by atoms with van der Waals surface area (Å²) in [4.78, 5) is 20.4. The van der Waals surface area contributed by atoms with E-state index in [1.807, 2.05) is 0 Å². The zero-order valence-electron chi connectivity index (χ0n) is 17.9. The highest BCUT2D eigenvalue weighted by atomic mass is 32.2. The van der Waals surface area contributed by atoms with Crippen molar-refractivity contribution in [3.8, 4) is 17.0 Å². The van der Waals surface area contributed by atoms with Gasteiger partial charge in [0.05, 0.1) is 23.4 Å². The Morgan fingerprint density at radius 3 is 2.61 bits per heavy atom. The van der Waals surface area contributed by atoms with Crippen molar-refractivity contribution in [1.29, 1.82) is 0 Å². The van der Waals surface area contributed by atoms with Gasteiger partial charge in [-0.3, -0.25) is 0 Å². The summed E-state index contributed by atoms with van der Waals surface area (Å²) < 4.78 is 44.4. The van der Waals surface area contributed by atoms with E-state index in [2.05, 4.69) is 15.3 Å². The molecule has 0 spiro atoms. The Balaban J connectivity index is 1.73. The van der Waals surface area contributed by atoms with E-state index < -0.39 is 17.7 Å². The molecular formula is C23H22F3N3O3S. The Bertz CT molecular complexity index is 1140. The number of carboxylic acids is 1. The van der Waals surface area contributed by atoms with E-state index in [-0.39, 0.29) is 17.9 Å². The quantitative estimate of drug-likeness (QED) is 0.386. The minimum Gasteiger partial charge on any atom is -0.494 e. The van der Waals surface area contributed by atoms with E-state index in [9.17, 15) is 23.1 Å². The van der Waals surface area contributed by atoms with Crippen LogP contribution in [0.5, 0.6) is 5.75 Å². The first-order chi connectivity index (χ1) is 15.7. The predicted octanol–water partition coefficient (Wildman–Crippen LogP) is 5.64. The number of halogens is 3. The van der Waals surface area contributed by atoms with Gasteiger partial charge in [0.1, 0.15) is 17.9 Å². The minimum atomic E-state index is -4.43. The van der Waals surface area contributed by atoms with Gasteiger partial charge in [-0.1, -0.05) is 12.1 Å². The van der Waals surface area contributed by atoms with Crippen LogP contribution in [0.25, 0.3) is 11.3 Å². The van der Waals surface area contributed by atoms with Crippen LogP contribution in [0.2, 0.25) is 0 Å². The minimum absolute atomic E-state index is 0.209. The third-order valence-corrected chi connectivity index (χ3v) is 5.57. The van der Waals surface area contributed by atoms with Gasteiger partial charge in [-0.15, -0.1) is 11.8 Å². The first-order valence-electron chi connectivity index (χ1n) is 10.0. The van der Waals surface area contributed by atoms with Gasteiger partial charge in [-0.05, 0) is 49.4 Å². The summed E-state index contributed by atoms with van der Waals surface area (Å²) in [6, 6.07) is 10.2. The van der Waals surface area contributed by atoms with Crippen LogP contribution < -0.4 is 10.1 Å². The van der Waals surface area contributed by atoms with Gasteiger partial charge in [-0.25, -0.2) is 14.8 Å². The molecule has 0 saturated heterocycles. The Morgan fingerprint density at radius 1 is 1.15 bits per heavy atom. The van der Waals surface area contributed by atoms with Gasteiger partial charge >= 0.3 is 12.1 Å². The number of aromatic nitrogens is 2. The van der Waals surface area contributed by atoms with Crippen molar-refractivity contribution in [3.05, 3.63) is 65.5 Å². The number of nitrogens with zero attached hydrogens (tertiary/aromatic N) is 2. The van der Waals surface area contributed by atoms with Gasteiger partial charge in [0.15, 0.2) is 0 Å². The molecule has 0 aliphatic heterocycles. The molecule has 0 aliphatic rings. The number of hydrogen-bond donors (Lipinski definition) is 2. The molecule has 3 rings (SSSR count). The molecular weight excluding hydrogens is 455 g/mol. The zero-order chi connectivity index (χ0) is 24.0. The smallest absolute Gasteiger partial charge is 0.416 e. The summed E-state index contributed by atoms with van der Waals surface area (Å²) in [5.41, 5.74) is 1.49. The zero-order valence-corrected chi connectivity index (χ0v) is 18.8. The van der Waals surface area contributed by atoms with Crippen LogP contribution in [-0.4, -0.2) is 40.5 Å². The van der Waals surface area contributed by atoms with Crippen LogP contribution in [0.4, 0.5) is 19.0 Å². The summed E-state index contributed by atoms with van der Waals surface area (Å²) in [5.74, 6) is -0.246. The molecule has 0 atom stereocenters. The van der Waals surface area contributed by atoms with Crippen molar-refractivity contribution >= 4 is 23.5 Å². The maximum atomic E-state index is 13.0. The SMILES string of the molecule is CCOc1cc(C(F)(F)F)ccc1CCNc1cc(-c2ccc(C(=O)O)c(SC)c2)ncn1. The molecule has 0 fully saturated rings. The maximum Gasteiger partial charge on any atom is 0.416 e. The Hall–Kier alpha value is -3.27. The number of anilines is 1. The lowest BCUT2D eigenvalue weighted by Gasteiger charge is -2.14. The number of benzene rings is 2. The monoisotopic (exact) mass is 477 g/mol. The maximum absolute atomic E-state index is 13.0. The molecule has 0 saturated carbocycles. The number of aromatic carboxylic acids is 1. The van der Waals surface area contributed by atoms with Crippen molar-refractivity contribution in [1.82, 2.24) is 9.97 Å². The molecule has 1 aromatic heterocycles. The lowest BCUT2D eigenvalue weighted by molar-refractivity contribution is -0.137. The third-order valence-electron chi connectivity index (χ3n) is 4.79. The predicted molar refractivity (Wildman–Crippen MR) is 121 cm³/mol. The topological polar surface area (TPSA) is 84.3 Å². The third kappa shape index (κ3) is 6.16. The Kier molecular flexibility index (Phi) is 7.80. The second-order valence-corrected chi connectivity index (χ2v) is 7.79. The summed E-state index contributed by atoms with van der Waals surface area (Å²) >= 11 is 1.33. The van der Waals surface area contributed by atoms with Crippen molar-refractivity contribution in [2.45, 2.75) is 24.4 Å². The second-order valence-electron chi connectivity index (χ2n) is 6.94. The van der Waals surface area contributed by atoms with E-state index in [0.29, 0.717) is 34.9 Å². The van der Waals surface area contributed by atoms with E-state index in [1.54, 1.807) is 37.4 Å². The number of hydrogen-bond acceptors (Lipinski definition) is 6. The fourth-order valence-corrected chi connectivity index (χ4v) is 3.81. The number of carbonyl (C=O) groups is 1. The number of carboxylic acid groups (broad SMARTS) is 1. The molecule has 2 N–H and O–H groups in total. The molecule has 6 nitrogen and oxygen atoms in total. The average molecular weight is 478 g/mol. The van der Waals surface area contributed by atoms with E-state index in [4.69, 9.17) is 4.74 Å². The molecule has 0 unspecified atom stereocenters. The number of thioether (sulfide) groups is 1. The molecule has 174 valence electrons. The average Bonchev–Trinajstić information content (AvgIpc) is 2.79. The van der Waals surface area contributed by atoms with Crippen LogP contribution in [0, 0.1) is 0 Å². The summed E-state index contributed by atoms with van der Waals surface area (Å²) in [6.07, 6.45) is -0.808. The summed E-state index contributed by atoms with van der Waals surface area (Å²) in [6.45, 7) is 2.39. The number of rotatable bonds is 9. The normalized spacial score (nSPS) is 11.3. The first-order valence-corrected chi connectivity index (χ1v) is 11.3. The van der Waals surface area contributed by atoms with Crippen molar-refractivity contribution in [2.24, 2.45) is 0 Å². The first kappa shape index (κ1) is 24.4. The van der Waals surface area contributed by atoms with Crippen molar-refractivity contribution in [2.75, 3.05) is 24.7 Å². The number of ether oxygens (including phenoxy) is 1. The molecule has 0 bridgehead atoms. The Labute approximate surface area is 193 Å². The molecule has 33 heavy (non-hydrogen) atoms.